The second-order valence-electron chi connectivity index (χ2n) is 9.44. The molecule has 1 aliphatic heterocycles. The maximum absolute atomic E-state index is 13.0. The number of aromatic nitrogens is 4. The van der Waals surface area contributed by atoms with Crippen molar-refractivity contribution in [3.8, 4) is 11.5 Å². The van der Waals surface area contributed by atoms with Gasteiger partial charge in [-0.25, -0.2) is 18.4 Å². The van der Waals surface area contributed by atoms with E-state index < -0.39 is 39.8 Å². The molecule has 0 spiro atoms. The number of hydrogen-bond donors (Lipinski definition) is 2. The Hall–Kier alpha value is -3.95. The van der Waals surface area contributed by atoms with Crippen molar-refractivity contribution in [2.45, 2.75) is 32.3 Å². The topological polar surface area (TPSA) is 152 Å². The monoisotopic (exact) mass is 555 g/mol. The highest BCUT2D eigenvalue weighted by Gasteiger charge is 2.41. The van der Waals surface area contributed by atoms with E-state index >= 15 is 0 Å². The van der Waals surface area contributed by atoms with E-state index in [0.717, 1.165) is 17.2 Å². The van der Waals surface area contributed by atoms with Crippen LogP contribution in [0.1, 0.15) is 30.8 Å². The van der Waals surface area contributed by atoms with Crippen LogP contribution in [-0.4, -0.2) is 65.5 Å². The van der Waals surface area contributed by atoms with Crippen LogP contribution < -0.4 is 15.5 Å². The Balaban J connectivity index is 1.56. The van der Waals surface area contributed by atoms with Crippen molar-refractivity contribution in [2.24, 2.45) is 5.41 Å². The van der Waals surface area contributed by atoms with Crippen LogP contribution in [0, 0.1) is 5.41 Å². The van der Waals surface area contributed by atoms with Crippen molar-refractivity contribution in [3.63, 3.8) is 0 Å². The fourth-order valence-electron chi connectivity index (χ4n) is 3.72. The van der Waals surface area contributed by atoms with Gasteiger partial charge in [-0.15, -0.1) is 0 Å². The number of anilines is 3. The summed E-state index contributed by atoms with van der Waals surface area (Å²) in [5.41, 5.74) is -0.454. The van der Waals surface area contributed by atoms with Crippen LogP contribution in [0.4, 0.5) is 30.5 Å². The normalized spacial score (nSPS) is 15.6. The third-order valence-corrected chi connectivity index (χ3v) is 6.34. The number of oxazole rings is 1. The summed E-state index contributed by atoms with van der Waals surface area (Å²) in [5.74, 6) is -1.45. The molecule has 3 aromatic heterocycles. The molecule has 1 aliphatic rings. The van der Waals surface area contributed by atoms with Gasteiger partial charge < -0.3 is 15.1 Å². The molecule has 16 heteroatoms. The second-order valence-corrected chi connectivity index (χ2v) is 11.6. The molecule has 4 rings (SSSR count). The first kappa shape index (κ1) is 27.1. The van der Waals surface area contributed by atoms with E-state index in [-0.39, 0.29) is 40.4 Å². The molecule has 0 aromatic carbocycles. The van der Waals surface area contributed by atoms with Gasteiger partial charge in [-0.05, 0) is 18.6 Å². The van der Waals surface area contributed by atoms with Crippen LogP contribution in [0.15, 0.2) is 35.2 Å². The summed E-state index contributed by atoms with van der Waals surface area (Å²) in [5, 5.41) is 8.96. The first-order chi connectivity index (χ1) is 17.6. The van der Waals surface area contributed by atoms with Crippen molar-refractivity contribution < 1.29 is 35.6 Å². The molecule has 0 saturated carbocycles. The highest BCUT2D eigenvalue weighted by molar-refractivity contribution is 7.89. The number of nitrogens with one attached hydrogen (secondary N) is 2. The predicted octanol–water partition coefficient (Wildman–Crippen LogP) is 2.92. The van der Waals surface area contributed by atoms with Gasteiger partial charge in [0.2, 0.25) is 11.8 Å². The highest BCUT2D eigenvalue weighted by Crippen LogP contribution is 2.36. The summed E-state index contributed by atoms with van der Waals surface area (Å²) in [6.45, 7) is 2.60. The number of alkyl halides is 3. The predicted molar refractivity (Wildman–Crippen MR) is 130 cm³/mol. The van der Waals surface area contributed by atoms with Crippen LogP contribution in [0.5, 0.6) is 0 Å². The summed E-state index contributed by atoms with van der Waals surface area (Å²) in [7, 11) is -3.48. The Bertz CT molecular complexity index is 1480. The molecule has 0 radical (unpaired) electrons. The summed E-state index contributed by atoms with van der Waals surface area (Å²) in [6, 6.07) is 2.73. The molecule has 12 nitrogen and oxygen atoms in total. The molecule has 0 atom stereocenters. The van der Waals surface area contributed by atoms with Crippen LogP contribution in [-0.2, 0) is 20.5 Å². The maximum atomic E-state index is 13.0. The molecule has 1 fully saturated rings. The average molecular weight is 556 g/mol. The minimum atomic E-state index is -4.44. The number of nitrogens with zero attached hydrogens (tertiary/aromatic N) is 5. The molecule has 1 saturated heterocycles. The van der Waals surface area contributed by atoms with Crippen LogP contribution in [0.2, 0.25) is 0 Å². The fourth-order valence-corrected chi connectivity index (χ4v) is 4.33. The van der Waals surface area contributed by atoms with E-state index in [0.29, 0.717) is 13.0 Å². The molecule has 2 amide bonds. The smallest absolute Gasteiger partial charge is 0.405 e. The van der Waals surface area contributed by atoms with E-state index in [9.17, 15) is 31.2 Å². The molecule has 0 aliphatic carbocycles. The van der Waals surface area contributed by atoms with Gasteiger partial charge in [0.05, 0.1) is 6.20 Å². The van der Waals surface area contributed by atoms with E-state index in [2.05, 4.69) is 25.7 Å². The van der Waals surface area contributed by atoms with Crippen LogP contribution in [0.3, 0.4) is 0 Å². The highest BCUT2D eigenvalue weighted by atomic mass is 32.2. The summed E-state index contributed by atoms with van der Waals surface area (Å²) < 4.78 is 67.5. The van der Waals surface area contributed by atoms with E-state index in [1.807, 2.05) is 0 Å². The molecular weight excluding hydrogens is 531 g/mol. The molecule has 2 N–H and O–H groups in total. The van der Waals surface area contributed by atoms with E-state index in [1.165, 1.54) is 29.4 Å². The molecule has 204 valence electrons. The Morgan fingerprint density at radius 1 is 1.29 bits per heavy atom. The van der Waals surface area contributed by atoms with E-state index in [1.54, 1.807) is 13.8 Å². The van der Waals surface area contributed by atoms with Crippen molar-refractivity contribution in [1.82, 2.24) is 19.7 Å². The van der Waals surface area contributed by atoms with Crippen molar-refractivity contribution in [2.75, 3.05) is 34.9 Å². The number of sulfone groups is 1. The molecular formula is C22H24F3N7O5S. The Labute approximate surface area is 215 Å². The number of pyridine rings is 1. The summed E-state index contributed by atoms with van der Waals surface area (Å²) in [4.78, 5) is 35.1. The van der Waals surface area contributed by atoms with Gasteiger partial charge in [0.1, 0.15) is 30.2 Å². The zero-order valence-electron chi connectivity index (χ0n) is 20.5. The van der Waals surface area contributed by atoms with Crippen LogP contribution >= 0.6 is 0 Å². The van der Waals surface area contributed by atoms with E-state index in [4.69, 9.17) is 4.42 Å². The third kappa shape index (κ3) is 6.30. The standard InChI is InChI=1S/C22H24F3N7O5S/c1-21(2)5-7-32(20(21)34)17-14(9-31(30-17)12-38(3,35)36)28-18(33)15-10-37-19(29-15)13-4-6-26-16(8-13)27-11-22(23,24)25/h4,6,8-10H,5,7,11-12H2,1-3H3,(H,26,27)(H,28,33). The lowest BCUT2D eigenvalue weighted by atomic mass is 9.92. The third-order valence-electron chi connectivity index (χ3n) is 5.61. The van der Waals surface area contributed by atoms with Gasteiger partial charge in [-0.1, -0.05) is 13.8 Å². The lowest BCUT2D eigenvalue weighted by Gasteiger charge is -2.18. The van der Waals surface area contributed by atoms with Crippen molar-refractivity contribution >= 4 is 39.0 Å². The lowest BCUT2D eigenvalue weighted by molar-refractivity contribution is -0.124. The molecule has 0 bridgehead atoms. The van der Waals surface area contributed by atoms with Crippen LogP contribution in [0.25, 0.3) is 11.5 Å². The van der Waals surface area contributed by atoms with Gasteiger partial charge in [0.15, 0.2) is 21.3 Å². The van der Waals surface area contributed by atoms with Crippen molar-refractivity contribution in [1.29, 1.82) is 0 Å². The first-order valence-electron chi connectivity index (χ1n) is 11.2. The van der Waals surface area contributed by atoms with Gasteiger partial charge in [-0.2, -0.15) is 18.3 Å². The quantitative estimate of drug-likeness (QED) is 0.427. The molecule has 3 aromatic rings. The number of rotatable bonds is 8. The first-order valence-corrected chi connectivity index (χ1v) is 13.3. The fraction of sp³-hybridized carbons (Fsp3) is 0.409. The molecule has 4 heterocycles. The minimum Gasteiger partial charge on any atom is -0.444 e. The number of amides is 2. The second kappa shape index (κ2) is 9.74. The number of hydrogen-bond acceptors (Lipinski definition) is 9. The van der Waals surface area contributed by atoms with Gasteiger partial charge in [0.25, 0.3) is 5.91 Å². The largest absolute Gasteiger partial charge is 0.444 e. The minimum absolute atomic E-state index is 0.0444. The zero-order chi connectivity index (χ0) is 27.9. The van der Waals surface area contributed by atoms with Crippen molar-refractivity contribution in [3.05, 3.63) is 36.5 Å². The number of carbonyl (C=O) groups is 2. The molecule has 38 heavy (non-hydrogen) atoms. The Kier molecular flexibility index (Phi) is 6.94. The Morgan fingerprint density at radius 3 is 2.66 bits per heavy atom. The lowest BCUT2D eigenvalue weighted by Crippen LogP contribution is -2.32. The van der Waals surface area contributed by atoms with Gasteiger partial charge in [-0.3, -0.25) is 19.2 Å². The number of halogens is 3. The zero-order valence-corrected chi connectivity index (χ0v) is 21.4. The average Bonchev–Trinajstić information content (AvgIpc) is 3.50. The Morgan fingerprint density at radius 2 is 2.03 bits per heavy atom. The number of carbonyl (C=O) groups excluding carboxylic acids is 2. The van der Waals surface area contributed by atoms with Gasteiger partial charge in [0, 0.05) is 30.0 Å². The SMILES string of the molecule is CC1(C)CCN(c2nn(CS(C)(=O)=O)cc2NC(=O)c2coc(-c3ccnc(NCC(F)(F)F)c3)n2)C1=O. The maximum Gasteiger partial charge on any atom is 0.405 e. The molecule has 0 unspecified atom stereocenters. The summed E-state index contributed by atoms with van der Waals surface area (Å²) >= 11 is 0. The summed E-state index contributed by atoms with van der Waals surface area (Å²) in [6.07, 6.45) is 0.742. The van der Waals surface area contributed by atoms with Gasteiger partial charge >= 0.3 is 6.18 Å².